The van der Waals surface area contributed by atoms with Crippen LogP contribution < -0.4 is 14.5 Å². The zero-order chi connectivity index (χ0) is 27.6. The fourth-order valence-electron chi connectivity index (χ4n) is 5.50. The predicted octanol–water partition coefficient (Wildman–Crippen LogP) is 7.32. The molecule has 0 aliphatic carbocycles. The third-order valence-corrected chi connectivity index (χ3v) is 7.57. The molecule has 1 aliphatic rings. The summed E-state index contributed by atoms with van der Waals surface area (Å²) in [6, 6.07) is 31.6. The summed E-state index contributed by atoms with van der Waals surface area (Å²) in [7, 11) is 5.83. The molecule has 5 rings (SSSR count). The van der Waals surface area contributed by atoms with Gasteiger partial charge >= 0.3 is 0 Å². The van der Waals surface area contributed by atoms with E-state index >= 15 is 0 Å². The summed E-state index contributed by atoms with van der Waals surface area (Å²) in [4.78, 5) is 9.57. The summed E-state index contributed by atoms with van der Waals surface area (Å²) in [5.41, 5.74) is 7.50. The average molecular weight is 520 g/mol. The van der Waals surface area contributed by atoms with Crippen molar-refractivity contribution >= 4 is 23.0 Å². The molecule has 4 aromatic carbocycles. The van der Waals surface area contributed by atoms with Crippen LogP contribution in [0.4, 0.5) is 17.1 Å². The Morgan fingerprint density at radius 3 is 2.00 bits per heavy atom. The van der Waals surface area contributed by atoms with E-state index in [1.165, 1.54) is 11.3 Å². The second-order valence-corrected chi connectivity index (χ2v) is 10.1. The van der Waals surface area contributed by atoms with Crippen LogP contribution in [0.25, 0.3) is 0 Å². The third kappa shape index (κ3) is 4.74. The Labute approximate surface area is 232 Å². The Kier molecular flexibility index (Phi) is 7.34. The fourth-order valence-corrected chi connectivity index (χ4v) is 5.50. The standard InChI is InChI=1S/C34H37N3O2/c1-7-37(8-2)28-18-14-26(15-19-28)34(27-16-20-29(38-6)21-17-27)30-22-24(3)32(36(4)5)23-31(30)35-33(39-34)25-12-10-9-11-13-25/h9-23H,7-8H2,1-6H3. The Morgan fingerprint density at radius 1 is 0.821 bits per heavy atom. The molecule has 0 aromatic heterocycles. The normalized spacial score (nSPS) is 16.1. The molecule has 4 aromatic rings. The van der Waals surface area contributed by atoms with Crippen molar-refractivity contribution in [3.05, 3.63) is 119 Å². The molecule has 1 heterocycles. The summed E-state index contributed by atoms with van der Waals surface area (Å²) in [6.45, 7) is 8.43. The van der Waals surface area contributed by atoms with Crippen LogP contribution in [0.1, 0.15) is 41.7 Å². The predicted molar refractivity (Wildman–Crippen MR) is 162 cm³/mol. The van der Waals surface area contributed by atoms with Crippen molar-refractivity contribution in [1.29, 1.82) is 0 Å². The molecule has 0 spiro atoms. The lowest BCUT2D eigenvalue weighted by Gasteiger charge is -2.40. The number of hydrogen-bond acceptors (Lipinski definition) is 5. The van der Waals surface area contributed by atoms with Gasteiger partial charge in [0.15, 0.2) is 5.60 Å². The molecule has 1 unspecified atom stereocenters. The minimum absolute atomic E-state index is 0.597. The van der Waals surface area contributed by atoms with Gasteiger partial charge in [-0.15, -0.1) is 0 Å². The summed E-state index contributed by atoms with van der Waals surface area (Å²) < 4.78 is 12.6. The Morgan fingerprint density at radius 2 is 1.44 bits per heavy atom. The van der Waals surface area contributed by atoms with Crippen LogP contribution in [0.5, 0.6) is 5.75 Å². The van der Waals surface area contributed by atoms with Crippen molar-refractivity contribution in [2.75, 3.05) is 44.1 Å². The van der Waals surface area contributed by atoms with E-state index in [2.05, 4.69) is 93.2 Å². The molecule has 0 radical (unpaired) electrons. The van der Waals surface area contributed by atoms with Gasteiger partial charge in [-0.25, -0.2) is 4.99 Å². The number of nitrogens with zero attached hydrogens (tertiary/aromatic N) is 3. The van der Waals surface area contributed by atoms with Crippen LogP contribution in [-0.2, 0) is 10.3 Å². The molecule has 5 heteroatoms. The summed E-state index contributed by atoms with van der Waals surface area (Å²) in [5, 5.41) is 0. The Balaban J connectivity index is 1.81. The van der Waals surface area contributed by atoms with Crippen molar-refractivity contribution in [2.45, 2.75) is 26.4 Å². The Hall–Kier alpha value is -4.25. The lowest BCUT2D eigenvalue weighted by molar-refractivity contribution is 0.137. The SMILES string of the molecule is CCN(CC)c1ccc(C2(c3ccc(OC)cc3)OC(c3ccccc3)=Nc3cc(N(C)C)c(C)cc32)cc1. The van der Waals surface area contributed by atoms with Crippen LogP contribution in [-0.4, -0.2) is 40.2 Å². The van der Waals surface area contributed by atoms with E-state index in [9.17, 15) is 0 Å². The van der Waals surface area contributed by atoms with Gasteiger partial charge in [-0.3, -0.25) is 0 Å². The molecule has 0 fully saturated rings. The second-order valence-electron chi connectivity index (χ2n) is 10.1. The molecule has 5 nitrogen and oxygen atoms in total. The smallest absolute Gasteiger partial charge is 0.222 e. The molecule has 0 saturated carbocycles. The number of anilines is 2. The van der Waals surface area contributed by atoms with Gasteiger partial charge in [-0.05, 0) is 74.9 Å². The van der Waals surface area contributed by atoms with Crippen LogP contribution in [0.2, 0.25) is 0 Å². The molecule has 200 valence electrons. The molecule has 1 atom stereocenters. The highest BCUT2D eigenvalue weighted by Gasteiger charge is 2.45. The first-order chi connectivity index (χ1) is 18.9. The summed E-state index contributed by atoms with van der Waals surface area (Å²) >= 11 is 0. The van der Waals surface area contributed by atoms with Crippen LogP contribution in [0, 0.1) is 6.92 Å². The van der Waals surface area contributed by atoms with Gasteiger partial charge in [0.05, 0.1) is 12.8 Å². The van der Waals surface area contributed by atoms with E-state index in [4.69, 9.17) is 14.5 Å². The van der Waals surface area contributed by atoms with Crippen LogP contribution >= 0.6 is 0 Å². The van der Waals surface area contributed by atoms with Gasteiger partial charge in [-0.1, -0.05) is 42.5 Å². The summed E-state index contributed by atoms with van der Waals surface area (Å²) in [5.74, 6) is 1.40. The number of rotatable bonds is 8. The van der Waals surface area contributed by atoms with Crippen molar-refractivity contribution in [2.24, 2.45) is 4.99 Å². The average Bonchev–Trinajstić information content (AvgIpc) is 2.98. The van der Waals surface area contributed by atoms with E-state index in [1.54, 1.807) is 7.11 Å². The lowest BCUT2D eigenvalue weighted by atomic mass is 9.77. The van der Waals surface area contributed by atoms with Crippen molar-refractivity contribution < 1.29 is 9.47 Å². The number of aryl methyl sites for hydroxylation is 1. The number of benzene rings is 4. The molecule has 0 saturated heterocycles. The minimum Gasteiger partial charge on any atom is -0.497 e. The maximum Gasteiger partial charge on any atom is 0.222 e. The molecular weight excluding hydrogens is 482 g/mol. The number of hydrogen-bond donors (Lipinski definition) is 0. The number of methoxy groups -OCH3 is 1. The van der Waals surface area contributed by atoms with Gasteiger partial charge in [0.2, 0.25) is 5.90 Å². The van der Waals surface area contributed by atoms with Crippen molar-refractivity contribution in [3.8, 4) is 5.75 Å². The topological polar surface area (TPSA) is 37.3 Å². The highest BCUT2D eigenvalue weighted by atomic mass is 16.5. The van der Waals surface area contributed by atoms with Gasteiger partial charge in [-0.2, -0.15) is 0 Å². The van der Waals surface area contributed by atoms with Crippen LogP contribution in [0.15, 0.2) is 96.0 Å². The third-order valence-electron chi connectivity index (χ3n) is 7.57. The number of ether oxygens (including phenoxy) is 2. The maximum atomic E-state index is 7.12. The first kappa shape index (κ1) is 26.4. The van der Waals surface area contributed by atoms with E-state index < -0.39 is 5.60 Å². The maximum absolute atomic E-state index is 7.12. The van der Waals surface area contributed by atoms with E-state index in [0.29, 0.717) is 5.90 Å². The first-order valence-electron chi connectivity index (χ1n) is 13.6. The molecule has 39 heavy (non-hydrogen) atoms. The van der Waals surface area contributed by atoms with E-state index in [1.807, 2.05) is 42.5 Å². The highest BCUT2D eigenvalue weighted by molar-refractivity contribution is 5.98. The second kappa shape index (κ2) is 10.9. The lowest BCUT2D eigenvalue weighted by Crippen LogP contribution is -2.38. The van der Waals surface area contributed by atoms with E-state index in [-0.39, 0.29) is 0 Å². The minimum atomic E-state index is -0.911. The molecular formula is C34H37N3O2. The van der Waals surface area contributed by atoms with Gasteiger partial charge in [0, 0.05) is 60.8 Å². The first-order valence-corrected chi connectivity index (χ1v) is 13.6. The Bertz CT molecular complexity index is 1460. The van der Waals surface area contributed by atoms with Crippen molar-refractivity contribution in [3.63, 3.8) is 0 Å². The summed E-state index contributed by atoms with van der Waals surface area (Å²) in [6.07, 6.45) is 0. The number of aliphatic imine (C=N–C) groups is 1. The molecule has 0 bridgehead atoms. The van der Waals surface area contributed by atoms with Gasteiger partial charge in [0.1, 0.15) is 5.75 Å². The largest absolute Gasteiger partial charge is 0.497 e. The van der Waals surface area contributed by atoms with Gasteiger partial charge in [0.25, 0.3) is 0 Å². The number of fused-ring (bicyclic) bond motifs is 1. The quantitative estimate of drug-likeness (QED) is 0.244. The monoisotopic (exact) mass is 519 g/mol. The van der Waals surface area contributed by atoms with Crippen LogP contribution in [0.3, 0.4) is 0 Å². The van der Waals surface area contributed by atoms with Crippen molar-refractivity contribution in [1.82, 2.24) is 0 Å². The molecule has 1 aliphatic heterocycles. The zero-order valence-corrected chi connectivity index (χ0v) is 23.7. The van der Waals surface area contributed by atoms with Gasteiger partial charge < -0.3 is 19.3 Å². The zero-order valence-electron chi connectivity index (χ0n) is 23.7. The fraction of sp³-hybridized carbons (Fsp3) is 0.265. The highest BCUT2D eigenvalue weighted by Crippen LogP contribution is 2.50. The van der Waals surface area contributed by atoms with E-state index in [0.717, 1.165) is 52.5 Å². The molecule has 0 N–H and O–H groups in total. The molecule has 0 amide bonds.